The Bertz CT molecular complexity index is 348. The number of rotatable bonds is 6. The zero-order chi connectivity index (χ0) is 12.7. The van der Waals surface area contributed by atoms with E-state index in [1.807, 2.05) is 31.2 Å². The molecule has 1 aromatic rings. The summed E-state index contributed by atoms with van der Waals surface area (Å²) in [4.78, 5) is 11.7. The maximum absolute atomic E-state index is 11.7. The first-order valence-electron chi connectivity index (χ1n) is 5.57. The van der Waals surface area contributed by atoms with E-state index in [-0.39, 0.29) is 11.9 Å². The minimum atomic E-state index is -0.000262. The average Bonchev–Trinajstić information content (AvgIpc) is 2.30. The molecular weight excluding hydrogens is 218 g/mol. The lowest BCUT2D eigenvalue weighted by Gasteiger charge is -2.12. The first kappa shape index (κ1) is 13.5. The van der Waals surface area contributed by atoms with E-state index in [1.165, 1.54) is 0 Å². The molecule has 0 radical (unpaired) electrons. The molecule has 94 valence electrons. The molecule has 17 heavy (non-hydrogen) atoms. The molecule has 1 atom stereocenters. The molecule has 1 aromatic carbocycles. The summed E-state index contributed by atoms with van der Waals surface area (Å²) in [7, 11) is 3.24. The summed E-state index contributed by atoms with van der Waals surface area (Å²) in [6.45, 7) is 2.43. The third kappa shape index (κ3) is 4.87. The fourth-order valence-corrected chi connectivity index (χ4v) is 1.55. The highest BCUT2D eigenvalue weighted by molar-refractivity contribution is 5.78. The Kier molecular flexibility index (Phi) is 5.49. The Morgan fingerprint density at radius 3 is 2.47 bits per heavy atom. The minimum Gasteiger partial charge on any atom is -0.497 e. The normalized spacial score (nSPS) is 11.9. The third-order valence-electron chi connectivity index (χ3n) is 2.35. The van der Waals surface area contributed by atoms with Crippen LogP contribution in [0.3, 0.4) is 0 Å². The van der Waals surface area contributed by atoms with Crippen molar-refractivity contribution in [3.63, 3.8) is 0 Å². The van der Waals surface area contributed by atoms with Crippen LogP contribution in [0.1, 0.15) is 12.5 Å². The second-order valence-electron chi connectivity index (χ2n) is 3.95. The number of benzene rings is 1. The van der Waals surface area contributed by atoms with E-state index < -0.39 is 0 Å². The van der Waals surface area contributed by atoms with E-state index in [4.69, 9.17) is 9.47 Å². The highest BCUT2D eigenvalue weighted by Crippen LogP contribution is 2.11. The first-order valence-corrected chi connectivity index (χ1v) is 5.57. The van der Waals surface area contributed by atoms with Crippen LogP contribution in [0.4, 0.5) is 0 Å². The molecule has 1 N–H and O–H groups in total. The van der Waals surface area contributed by atoms with Crippen molar-refractivity contribution >= 4 is 5.91 Å². The number of carbonyl (C=O) groups excluding carboxylic acids is 1. The lowest BCUT2D eigenvalue weighted by Crippen LogP contribution is -2.36. The molecule has 0 bridgehead atoms. The van der Waals surface area contributed by atoms with Gasteiger partial charge in [-0.25, -0.2) is 0 Å². The van der Waals surface area contributed by atoms with Crippen molar-refractivity contribution in [2.45, 2.75) is 19.4 Å². The maximum Gasteiger partial charge on any atom is 0.224 e. The number of carbonyl (C=O) groups is 1. The summed E-state index contributed by atoms with van der Waals surface area (Å²) in [5, 5.41) is 2.86. The van der Waals surface area contributed by atoms with Crippen LogP contribution in [-0.2, 0) is 16.0 Å². The standard InChI is InChI=1S/C13H19NO3/c1-10(9-16-2)14-13(15)8-11-4-6-12(17-3)7-5-11/h4-7,10H,8-9H2,1-3H3,(H,14,15)/t10-/m0/s1. The maximum atomic E-state index is 11.7. The molecular formula is C13H19NO3. The molecule has 0 aliphatic carbocycles. The predicted octanol–water partition coefficient (Wildman–Crippen LogP) is 1.39. The van der Waals surface area contributed by atoms with Gasteiger partial charge in [0.05, 0.1) is 20.1 Å². The quantitative estimate of drug-likeness (QED) is 0.813. The largest absolute Gasteiger partial charge is 0.497 e. The van der Waals surface area contributed by atoms with Gasteiger partial charge in [0.1, 0.15) is 5.75 Å². The van der Waals surface area contributed by atoms with E-state index in [1.54, 1.807) is 14.2 Å². The van der Waals surface area contributed by atoms with Gasteiger partial charge in [0.25, 0.3) is 0 Å². The van der Waals surface area contributed by atoms with Gasteiger partial charge < -0.3 is 14.8 Å². The van der Waals surface area contributed by atoms with Crippen LogP contribution in [0.5, 0.6) is 5.75 Å². The summed E-state index contributed by atoms with van der Waals surface area (Å²) in [5.74, 6) is 0.793. The molecule has 1 amide bonds. The first-order chi connectivity index (χ1) is 8.15. The highest BCUT2D eigenvalue weighted by atomic mass is 16.5. The summed E-state index contributed by atoms with van der Waals surface area (Å²) < 4.78 is 10.0. The van der Waals surface area contributed by atoms with Crippen LogP contribution in [0.2, 0.25) is 0 Å². The van der Waals surface area contributed by atoms with Crippen LogP contribution in [0.25, 0.3) is 0 Å². The van der Waals surface area contributed by atoms with Crippen molar-refractivity contribution in [1.29, 1.82) is 0 Å². The second-order valence-corrected chi connectivity index (χ2v) is 3.95. The molecule has 0 aliphatic heterocycles. The molecule has 0 spiro atoms. The van der Waals surface area contributed by atoms with E-state index in [9.17, 15) is 4.79 Å². The van der Waals surface area contributed by atoms with Gasteiger partial charge in [-0.3, -0.25) is 4.79 Å². The summed E-state index contributed by atoms with van der Waals surface area (Å²) >= 11 is 0. The van der Waals surface area contributed by atoms with Gasteiger partial charge in [0, 0.05) is 13.2 Å². The van der Waals surface area contributed by atoms with E-state index in [0.717, 1.165) is 11.3 Å². The Hall–Kier alpha value is -1.55. The number of amides is 1. The number of hydrogen-bond donors (Lipinski definition) is 1. The third-order valence-corrected chi connectivity index (χ3v) is 2.35. The topological polar surface area (TPSA) is 47.6 Å². The van der Waals surface area contributed by atoms with Crippen molar-refractivity contribution in [1.82, 2.24) is 5.32 Å². The Labute approximate surface area is 102 Å². The van der Waals surface area contributed by atoms with Crippen LogP contribution >= 0.6 is 0 Å². The predicted molar refractivity (Wildman–Crippen MR) is 66.2 cm³/mol. The summed E-state index contributed by atoms with van der Waals surface area (Å²) in [6, 6.07) is 7.51. The zero-order valence-electron chi connectivity index (χ0n) is 10.5. The van der Waals surface area contributed by atoms with Gasteiger partial charge in [-0.05, 0) is 24.6 Å². The minimum absolute atomic E-state index is 0.000262. The SMILES string of the molecule is COC[C@H](C)NC(=O)Cc1ccc(OC)cc1. The van der Waals surface area contributed by atoms with Gasteiger partial charge in [-0.1, -0.05) is 12.1 Å². The van der Waals surface area contributed by atoms with E-state index in [2.05, 4.69) is 5.32 Å². The lowest BCUT2D eigenvalue weighted by atomic mass is 10.1. The van der Waals surface area contributed by atoms with Crippen LogP contribution in [0, 0.1) is 0 Å². The highest BCUT2D eigenvalue weighted by Gasteiger charge is 2.07. The van der Waals surface area contributed by atoms with Crippen molar-refractivity contribution < 1.29 is 14.3 Å². The van der Waals surface area contributed by atoms with Gasteiger partial charge in [-0.2, -0.15) is 0 Å². The van der Waals surface area contributed by atoms with E-state index >= 15 is 0 Å². The van der Waals surface area contributed by atoms with Crippen LogP contribution in [0.15, 0.2) is 24.3 Å². The van der Waals surface area contributed by atoms with Gasteiger partial charge >= 0.3 is 0 Å². The molecule has 0 aliphatic rings. The molecule has 1 rings (SSSR count). The number of methoxy groups -OCH3 is 2. The molecule has 0 unspecified atom stereocenters. The van der Waals surface area contributed by atoms with Crippen molar-refractivity contribution in [2.75, 3.05) is 20.8 Å². The van der Waals surface area contributed by atoms with Crippen molar-refractivity contribution in [2.24, 2.45) is 0 Å². The van der Waals surface area contributed by atoms with Crippen molar-refractivity contribution in [3.05, 3.63) is 29.8 Å². The molecule has 0 heterocycles. The molecule has 0 fully saturated rings. The zero-order valence-corrected chi connectivity index (χ0v) is 10.5. The van der Waals surface area contributed by atoms with Crippen molar-refractivity contribution in [3.8, 4) is 5.75 Å². The Morgan fingerprint density at radius 1 is 1.29 bits per heavy atom. The smallest absolute Gasteiger partial charge is 0.224 e. The average molecular weight is 237 g/mol. The van der Waals surface area contributed by atoms with Crippen LogP contribution < -0.4 is 10.1 Å². The molecule has 0 saturated carbocycles. The van der Waals surface area contributed by atoms with Gasteiger partial charge in [0.15, 0.2) is 0 Å². The van der Waals surface area contributed by atoms with Gasteiger partial charge in [-0.15, -0.1) is 0 Å². The second kappa shape index (κ2) is 6.91. The van der Waals surface area contributed by atoms with E-state index in [0.29, 0.717) is 13.0 Å². The number of hydrogen-bond acceptors (Lipinski definition) is 3. The number of ether oxygens (including phenoxy) is 2. The van der Waals surface area contributed by atoms with Gasteiger partial charge in [0.2, 0.25) is 5.91 Å². The fraction of sp³-hybridized carbons (Fsp3) is 0.462. The molecule has 0 saturated heterocycles. The monoisotopic (exact) mass is 237 g/mol. The Morgan fingerprint density at radius 2 is 1.94 bits per heavy atom. The number of nitrogens with one attached hydrogen (secondary N) is 1. The Balaban J connectivity index is 2.44. The van der Waals surface area contributed by atoms with Crippen LogP contribution in [-0.4, -0.2) is 32.8 Å². The lowest BCUT2D eigenvalue weighted by molar-refractivity contribution is -0.121. The molecule has 4 nitrogen and oxygen atoms in total. The summed E-state index contributed by atoms with van der Waals surface area (Å²) in [6.07, 6.45) is 0.373. The molecule has 0 aromatic heterocycles. The molecule has 4 heteroatoms. The fourth-order valence-electron chi connectivity index (χ4n) is 1.55. The summed E-state index contributed by atoms with van der Waals surface area (Å²) in [5.41, 5.74) is 0.966.